The van der Waals surface area contributed by atoms with E-state index in [9.17, 15) is 0 Å². The third kappa shape index (κ3) is 2.89. The van der Waals surface area contributed by atoms with Crippen LogP contribution in [0, 0.1) is 19.8 Å². The Bertz CT molecular complexity index is 624. The lowest BCUT2D eigenvalue weighted by molar-refractivity contribution is 0.554. The van der Waals surface area contributed by atoms with Crippen LogP contribution >= 0.6 is 0 Å². The summed E-state index contributed by atoms with van der Waals surface area (Å²) in [7, 11) is 0. The zero-order valence-corrected chi connectivity index (χ0v) is 12.9. The van der Waals surface area contributed by atoms with Crippen molar-refractivity contribution in [3.05, 3.63) is 35.7 Å². The minimum Gasteiger partial charge on any atom is -0.367 e. The van der Waals surface area contributed by atoms with Gasteiger partial charge >= 0.3 is 0 Å². The molecule has 2 aromatic heterocycles. The van der Waals surface area contributed by atoms with Crippen LogP contribution in [0.15, 0.2) is 24.4 Å². The molecule has 1 N–H and O–H groups in total. The van der Waals surface area contributed by atoms with E-state index in [4.69, 9.17) is 4.98 Å². The maximum Gasteiger partial charge on any atom is 0.180 e. The smallest absolute Gasteiger partial charge is 0.180 e. The number of hydrogen-bond donors (Lipinski definition) is 1. The van der Waals surface area contributed by atoms with E-state index >= 15 is 0 Å². The molecule has 2 heterocycles. The fraction of sp³-hybridized carbons (Fsp3) is 0.471. The van der Waals surface area contributed by atoms with Gasteiger partial charge in [-0.1, -0.05) is 19.4 Å². The zero-order chi connectivity index (χ0) is 14.8. The first-order chi connectivity index (χ1) is 10.1. The maximum absolute atomic E-state index is 4.72. The first-order valence-corrected chi connectivity index (χ1v) is 7.68. The average Bonchev–Trinajstić information content (AvgIpc) is 2.90. The Kier molecular flexibility index (Phi) is 3.86. The summed E-state index contributed by atoms with van der Waals surface area (Å²) >= 11 is 0. The van der Waals surface area contributed by atoms with Crippen molar-refractivity contribution in [3.63, 3.8) is 0 Å². The van der Waals surface area contributed by atoms with Crippen molar-refractivity contribution in [2.75, 3.05) is 5.32 Å². The molecular weight excluding hydrogens is 260 g/mol. The largest absolute Gasteiger partial charge is 0.367 e. The molecule has 1 aliphatic rings. The van der Waals surface area contributed by atoms with Crippen LogP contribution in [-0.2, 0) is 0 Å². The highest BCUT2D eigenvalue weighted by molar-refractivity contribution is 5.56. The van der Waals surface area contributed by atoms with Crippen LogP contribution in [0.4, 0.5) is 5.82 Å². The molecule has 0 amide bonds. The van der Waals surface area contributed by atoms with E-state index in [-0.39, 0.29) is 0 Å². The van der Waals surface area contributed by atoms with Gasteiger partial charge in [0.2, 0.25) is 0 Å². The Morgan fingerprint density at radius 1 is 1.14 bits per heavy atom. The van der Waals surface area contributed by atoms with Gasteiger partial charge in [-0.2, -0.15) is 0 Å². The Balaban J connectivity index is 1.94. The van der Waals surface area contributed by atoms with Crippen LogP contribution in [0.2, 0.25) is 0 Å². The number of aromatic nitrogens is 3. The maximum atomic E-state index is 4.72. The molecule has 1 aliphatic carbocycles. The highest BCUT2D eigenvalue weighted by atomic mass is 15.1. The fourth-order valence-corrected chi connectivity index (χ4v) is 2.91. The summed E-state index contributed by atoms with van der Waals surface area (Å²) in [5, 5.41) is 3.63. The Hall–Kier alpha value is -1.97. The number of aryl methyl sites for hydroxylation is 1. The average molecular weight is 282 g/mol. The Morgan fingerprint density at radius 2 is 2.00 bits per heavy atom. The molecule has 2 aromatic rings. The predicted molar refractivity (Wildman–Crippen MR) is 85.2 cm³/mol. The first kappa shape index (κ1) is 14.0. The lowest BCUT2D eigenvalue weighted by Gasteiger charge is -2.20. The normalized spacial score (nSPS) is 21.5. The van der Waals surface area contributed by atoms with Crippen LogP contribution in [0.3, 0.4) is 0 Å². The van der Waals surface area contributed by atoms with Crippen molar-refractivity contribution in [1.29, 1.82) is 0 Å². The second-order valence-corrected chi connectivity index (χ2v) is 5.98. The van der Waals surface area contributed by atoms with Crippen molar-refractivity contribution >= 4 is 5.82 Å². The van der Waals surface area contributed by atoms with Crippen molar-refractivity contribution in [2.45, 2.75) is 46.1 Å². The molecule has 0 radical (unpaired) electrons. The van der Waals surface area contributed by atoms with Gasteiger partial charge in [0, 0.05) is 23.5 Å². The minimum absolute atomic E-state index is 0.523. The van der Waals surface area contributed by atoms with E-state index in [0.717, 1.165) is 22.8 Å². The molecule has 0 aliphatic heterocycles. The van der Waals surface area contributed by atoms with Crippen LogP contribution in [0.5, 0.6) is 0 Å². The van der Waals surface area contributed by atoms with Gasteiger partial charge in [0.1, 0.15) is 11.5 Å². The van der Waals surface area contributed by atoms with E-state index in [1.165, 1.54) is 19.3 Å². The molecule has 4 heteroatoms. The Labute approximate surface area is 126 Å². The number of anilines is 1. The third-order valence-electron chi connectivity index (χ3n) is 4.47. The van der Waals surface area contributed by atoms with E-state index in [0.29, 0.717) is 17.8 Å². The van der Waals surface area contributed by atoms with Crippen molar-refractivity contribution in [2.24, 2.45) is 5.92 Å². The molecule has 1 saturated carbocycles. The van der Waals surface area contributed by atoms with Gasteiger partial charge in [-0.05, 0) is 44.7 Å². The van der Waals surface area contributed by atoms with Crippen LogP contribution in [0.25, 0.3) is 11.5 Å². The van der Waals surface area contributed by atoms with Gasteiger partial charge in [-0.15, -0.1) is 0 Å². The quantitative estimate of drug-likeness (QED) is 0.931. The number of hydrogen-bond acceptors (Lipinski definition) is 4. The number of nitrogens with zero attached hydrogens (tertiary/aromatic N) is 3. The molecule has 2 atom stereocenters. The summed E-state index contributed by atoms with van der Waals surface area (Å²) in [6.45, 7) is 6.43. The molecule has 110 valence electrons. The summed E-state index contributed by atoms with van der Waals surface area (Å²) < 4.78 is 0. The van der Waals surface area contributed by atoms with Gasteiger partial charge in [-0.25, -0.2) is 9.97 Å². The van der Waals surface area contributed by atoms with Crippen LogP contribution in [-0.4, -0.2) is 21.0 Å². The number of pyridine rings is 1. The lowest BCUT2D eigenvalue weighted by atomic mass is 10.1. The van der Waals surface area contributed by atoms with E-state index in [1.807, 2.05) is 25.1 Å². The number of nitrogens with one attached hydrogen (secondary N) is 1. The first-order valence-electron chi connectivity index (χ1n) is 7.68. The number of rotatable bonds is 3. The standard InChI is InChI=1S/C17H22N4/c1-11-7-6-9-14(11)20-16-12(2)13(3)19-17(21-16)15-8-4-5-10-18-15/h4-5,8,10-11,14H,6-7,9H2,1-3H3,(H,19,20,21). The second kappa shape index (κ2) is 5.80. The molecule has 0 spiro atoms. The SMILES string of the molecule is Cc1nc(-c2ccccn2)nc(NC2CCCC2C)c1C. The van der Waals surface area contributed by atoms with Gasteiger partial charge < -0.3 is 5.32 Å². The Morgan fingerprint density at radius 3 is 2.67 bits per heavy atom. The van der Waals surface area contributed by atoms with Crippen LogP contribution in [0.1, 0.15) is 37.4 Å². The van der Waals surface area contributed by atoms with Gasteiger partial charge in [0.05, 0.1) is 0 Å². The topological polar surface area (TPSA) is 50.7 Å². The molecule has 0 aromatic carbocycles. The van der Waals surface area contributed by atoms with Crippen LogP contribution < -0.4 is 5.32 Å². The molecule has 0 bridgehead atoms. The van der Waals surface area contributed by atoms with Gasteiger partial charge in [0.25, 0.3) is 0 Å². The predicted octanol–water partition coefficient (Wildman–Crippen LogP) is 3.76. The van der Waals surface area contributed by atoms with E-state index < -0.39 is 0 Å². The molecule has 4 nitrogen and oxygen atoms in total. The highest BCUT2D eigenvalue weighted by Crippen LogP contribution is 2.29. The molecule has 1 fully saturated rings. The van der Waals surface area contributed by atoms with Crippen molar-refractivity contribution in [1.82, 2.24) is 15.0 Å². The third-order valence-corrected chi connectivity index (χ3v) is 4.47. The highest BCUT2D eigenvalue weighted by Gasteiger charge is 2.24. The summed E-state index contributed by atoms with van der Waals surface area (Å²) in [6, 6.07) is 6.35. The summed E-state index contributed by atoms with van der Waals surface area (Å²) in [5.74, 6) is 2.37. The summed E-state index contributed by atoms with van der Waals surface area (Å²) in [5.41, 5.74) is 2.97. The fourth-order valence-electron chi connectivity index (χ4n) is 2.91. The van der Waals surface area contributed by atoms with E-state index in [1.54, 1.807) is 6.20 Å². The minimum atomic E-state index is 0.523. The van der Waals surface area contributed by atoms with E-state index in [2.05, 4.69) is 29.1 Å². The molecular formula is C17H22N4. The summed E-state index contributed by atoms with van der Waals surface area (Å²) in [4.78, 5) is 13.7. The second-order valence-electron chi connectivity index (χ2n) is 5.98. The summed E-state index contributed by atoms with van der Waals surface area (Å²) in [6.07, 6.45) is 5.60. The molecule has 0 saturated heterocycles. The molecule has 2 unspecified atom stereocenters. The van der Waals surface area contributed by atoms with Gasteiger partial charge in [-0.3, -0.25) is 4.98 Å². The molecule has 3 rings (SSSR count). The van der Waals surface area contributed by atoms with Gasteiger partial charge in [0.15, 0.2) is 5.82 Å². The monoisotopic (exact) mass is 282 g/mol. The van der Waals surface area contributed by atoms with Crippen molar-refractivity contribution < 1.29 is 0 Å². The molecule has 21 heavy (non-hydrogen) atoms. The van der Waals surface area contributed by atoms with Crippen molar-refractivity contribution in [3.8, 4) is 11.5 Å². The zero-order valence-electron chi connectivity index (χ0n) is 12.9. The lowest BCUT2D eigenvalue weighted by Crippen LogP contribution is -2.23.